The lowest BCUT2D eigenvalue weighted by Crippen LogP contribution is -2.49. The van der Waals surface area contributed by atoms with E-state index in [1.165, 1.54) is 35.9 Å². The van der Waals surface area contributed by atoms with E-state index in [1.54, 1.807) is 0 Å². The molecule has 0 bridgehead atoms. The van der Waals surface area contributed by atoms with E-state index >= 15 is 0 Å². The van der Waals surface area contributed by atoms with Crippen molar-refractivity contribution >= 4 is 96.4 Å². The van der Waals surface area contributed by atoms with Crippen molar-refractivity contribution < 1.29 is 118 Å². The highest BCUT2D eigenvalue weighted by Gasteiger charge is 2.57. The Morgan fingerprint density at radius 3 is 1.86 bits per heavy atom. The number of likely N-dealkylation sites (N-methyl/N-ethyl adjacent to an activating group) is 1. The van der Waals surface area contributed by atoms with Gasteiger partial charge in [0.05, 0.1) is 39.5 Å². The van der Waals surface area contributed by atoms with Gasteiger partial charge in [-0.05, 0) is 0 Å². The van der Waals surface area contributed by atoms with Crippen LogP contribution in [0, 0.1) is 0 Å². The van der Waals surface area contributed by atoms with Gasteiger partial charge in [-0.25, -0.2) is 37.8 Å². The maximum Gasteiger partial charge on any atom is 0.490 e. The molecule has 0 aromatic carbocycles. The van der Waals surface area contributed by atoms with Gasteiger partial charge in [-0.3, -0.25) is 42.1 Å². The number of nitrogens with zero attached hydrogens (tertiary/aromatic N) is 12. The molecule has 7 aliphatic heterocycles. The van der Waals surface area contributed by atoms with Gasteiger partial charge in [-0.15, -0.1) is 0 Å². The number of phosphoric ester groups is 3. The van der Waals surface area contributed by atoms with Gasteiger partial charge in [0.15, 0.2) is 35.8 Å². The second kappa shape index (κ2) is 21.1. The summed E-state index contributed by atoms with van der Waals surface area (Å²) in [5, 5.41) is 46.1. The van der Waals surface area contributed by atoms with Crippen molar-refractivity contribution in [1.82, 2.24) is 29.3 Å². The molecule has 2 aromatic heterocycles. The molecule has 6 unspecified atom stereocenters. The highest BCUT2D eigenvalue weighted by molar-refractivity contribution is 7.66. The Labute approximate surface area is 424 Å². The fourth-order valence-electron chi connectivity index (χ4n) is 8.64. The first kappa shape index (κ1) is 55.9. The van der Waals surface area contributed by atoms with Gasteiger partial charge >= 0.3 is 37.2 Å². The second-order valence-corrected chi connectivity index (χ2v) is 22.9. The molecule has 3 saturated heterocycles. The smallest absolute Gasteiger partial charge is 0.387 e. The number of methoxy groups -OCH3 is 1. The number of fused-ring (bicyclic) bond motifs is 3. The van der Waals surface area contributed by atoms with Crippen LogP contribution >= 0.6 is 31.3 Å². The number of anilines is 1. The van der Waals surface area contributed by atoms with Gasteiger partial charge in [0.1, 0.15) is 66.8 Å². The van der Waals surface area contributed by atoms with Crippen molar-refractivity contribution in [2.75, 3.05) is 46.3 Å². The molecule has 0 aliphatic carbocycles. The molecule has 43 heteroatoms. The third-order valence-electron chi connectivity index (χ3n) is 12.0. The van der Waals surface area contributed by atoms with E-state index in [4.69, 9.17) is 48.5 Å². The third kappa shape index (κ3) is 11.1. The Kier molecular flexibility index (Phi) is 15.5. The largest absolute Gasteiger partial charge is 0.490 e. The van der Waals surface area contributed by atoms with Crippen molar-refractivity contribution in [3.05, 3.63) is 12.7 Å². The average molecular weight is 1160 g/mol. The normalized spacial score (nSPS) is 35.4. The van der Waals surface area contributed by atoms with Gasteiger partial charge in [0.2, 0.25) is 24.5 Å². The molecule has 416 valence electrons. The van der Waals surface area contributed by atoms with E-state index in [1.807, 2.05) is 0 Å². The van der Waals surface area contributed by atoms with Crippen LogP contribution in [0.5, 0.6) is 0 Å². The molecule has 0 radical (unpaired) electrons. The predicted molar refractivity (Wildman–Crippen MR) is 245 cm³/mol. The standard InChI is InChI=1S/C33H45N15O24P4/c1-36-23-14-24(38-7-37-23)46(8-39-14)31-22(63-3)21(70-73(55,56)64-4-11-17(49)19(51)29(67-11)47-9-40-15-25(47)41-32(34)43-27(15)53)13(69-31)6-66-75(59,60)72-76(61,62)71-74(57,58)65-5-12-18(50)20(52)30(68-12)48-10-45(2)16-26(48)42-33(35)44-28(16)54/h7-13,15-22,29-31,49-52H,4-6H2,1-3H3,(H8-,34,35,36,37,38,43,44,53,54,55,56,57,58,59,60,61,62)/p+1/t11-,12-,13-,15?,16?,17-,18-,19-,20-,21-,22-,29-,30-,31-/m1/s1. The first-order chi connectivity index (χ1) is 35.7. The summed E-state index contributed by atoms with van der Waals surface area (Å²) in [5.74, 6) is -2.20. The van der Waals surface area contributed by atoms with Crippen LogP contribution in [0.25, 0.3) is 11.2 Å². The van der Waals surface area contributed by atoms with Gasteiger partial charge in [0.25, 0.3) is 17.8 Å². The first-order valence-electron chi connectivity index (χ1n) is 21.7. The summed E-state index contributed by atoms with van der Waals surface area (Å²) in [6, 6.07) is -2.30. The van der Waals surface area contributed by atoms with Crippen molar-refractivity contribution in [2.45, 2.75) is 85.7 Å². The van der Waals surface area contributed by atoms with Gasteiger partial charge in [0, 0.05) is 14.2 Å². The summed E-state index contributed by atoms with van der Waals surface area (Å²) in [7, 11) is -19.3. The predicted octanol–water partition coefficient (Wildman–Crippen LogP) is -5.88. The molecule has 39 nitrogen and oxygen atoms in total. The second-order valence-electron chi connectivity index (χ2n) is 16.9. The summed E-state index contributed by atoms with van der Waals surface area (Å²) in [4.78, 5) is 101. The number of phosphoric acid groups is 4. The maximum absolute atomic E-state index is 13.7. The Hall–Kier alpha value is -4.89. The minimum Gasteiger partial charge on any atom is -0.387 e. The number of amides is 2. The molecule has 18 atom stereocenters. The number of hydrogen-bond acceptors (Lipinski definition) is 31. The zero-order valence-corrected chi connectivity index (χ0v) is 42.5. The summed E-state index contributed by atoms with van der Waals surface area (Å²) in [6.45, 7) is -3.38. The number of nitrogens with two attached hydrogens (primary N) is 2. The third-order valence-corrected chi connectivity index (χ3v) is 17.2. The quantitative estimate of drug-likeness (QED) is 0.0434. The van der Waals surface area contributed by atoms with E-state index in [2.05, 4.69) is 53.9 Å². The first-order valence-corrected chi connectivity index (χ1v) is 27.7. The number of hydrogen-bond donors (Lipinski definition) is 11. The summed E-state index contributed by atoms with van der Waals surface area (Å²) in [5.41, 5.74) is 11.5. The fourth-order valence-corrected chi connectivity index (χ4v) is 13.1. The van der Waals surface area contributed by atoms with Crippen LogP contribution in [0.4, 0.5) is 5.82 Å². The van der Waals surface area contributed by atoms with Crippen LogP contribution in [0.15, 0.2) is 37.6 Å². The number of imidazole rings is 1. The summed E-state index contributed by atoms with van der Waals surface area (Å²) < 4.78 is 107. The van der Waals surface area contributed by atoms with Crippen molar-refractivity contribution in [3.63, 3.8) is 0 Å². The van der Waals surface area contributed by atoms with E-state index in [0.717, 1.165) is 29.6 Å². The van der Waals surface area contributed by atoms with Gasteiger partial charge < -0.3 is 75.7 Å². The number of guanidine groups is 2. The maximum atomic E-state index is 13.7. The number of carbonyl (C=O) groups excluding carboxylic acids is 2. The molecule has 9 rings (SSSR count). The highest BCUT2D eigenvalue weighted by Crippen LogP contribution is 2.68. The SMILES string of the molecule is CNc1ncnc2c1ncn2[C@@H]1O[C@H](COP(=O)(O)OP(=O)(O)OP(=O)(O)OC[C@H]2O[C@@H](N3C=[N+](C)C4C(=O)N=C(N)N=C43)[C@H](O)[C@@H]2O)[C@@H](OP(=O)(O)OC[C@H]2O[C@@H](N3C=NC4C(=O)N=C(N)N=C43)[C@H](O)[C@@H]2O)[C@H]1OC. The van der Waals surface area contributed by atoms with Crippen molar-refractivity contribution in [1.29, 1.82) is 0 Å². The number of ether oxygens (including phenoxy) is 4. The van der Waals surface area contributed by atoms with Crippen LogP contribution in [-0.2, 0) is 73.5 Å². The van der Waals surface area contributed by atoms with Gasteiger partial charge in [-0.2, -0.15) is 33.5 Å². The zero-order chi connectivity index (χ0) is 55.0. The molecule has 9 heterocycles. The van der Waals surface area contributed by atoms with E-state index < -0.39 is 161 Å². The number of nitrogens with one attached hydrogen (secondary N) is 1. The minimum atomic E-state index is -6.20. The Morgan fingerprint density at radius 2 is 1.25 bits per heavy atom. The fraction of sp³-hybridized carbons (Fsp3) is 0.606. The van der Waals surface area contributed by atoms with E-state index in [-0.39, 0.29) is 28.7 Å². The topological polar surface area (TPSA) is 536 Å². The molecule has 76 heavy (non-hydrogen) atoms. The molecular weight excluding hydrogens is 1110 g/mol. The molecule has 3 fully saturated rings. The van der Waals surface area contributed by atoms with E-state index in [0.29, 0.717) is 0 Å². The molecule has 13 N–H and O–H groups in total. The van der Waals surface area contributed by atoms with Crippen molar-refractivity contribution in [3.8, 4) is 0 Å². The molecule has 7 aliphatic rings. The lowest BCUT2D eigenvalue weighted by Gasteiger charge is -2.27. The van der Waals surface area contributed by atoms with Crippen molar-refractivity contribution in [2.24, 2.45) is 36.4 Å². The molecule has 0 spiro atoms. The molecular formula is C33H46N15O24P4+. The van der Waals surface area contributed by atoms with Crippen LogP contribution in [0.2, 0.25) is 0 Å². The number of carbonyl (C=O) groups is 2. The number of rotatable bonds is 20. The molecule has 2 amide bonds. The number of aliphatic hydroxyl groups excluding tert-OH is 4. The van der Waals surface area contributed by atoms with E-state index in [9.17, 15) is 67.8 Å². The summed E-state index contributed by atoms with van der Waals surface area (Å²) in [6.07, 6.45) is -15.5. The monoisotopic (exact) mass is 1160 g/mol. The number of aliphatic imine (C=N–C) groups is 5. The Bertz CT molecular complexity index is 3050. The zero-order valence-electron chi connectivity index (χ0n) is 38.9. The number of aromatic nitrogens is 4. The highest BCUT2D eigenvalue weighted by atomic mass is 31.3. The van der Waals surface area contributed by atoms with Crippen LogP contribution in [0.1, 0.15) is 6.23 Å². The molecule has 2 aromatic rings. The number of aliphatic hydroxyl groups is 4. The van der Waals surface area contributed by atoms with Crippen LogP contribution in [0.3, 0.4) is 0 Å². The minimum absolute atomic E-state index is 0.0479. The summed E-state index contributed by atoms with van der Waals surface area (Å²) >= 11 is 0. The van der Waals surface area contributed by atoms with Gasteiger partial charge in [-0.1, -0.05) is 0 Å². The van der Waals surface area contributed by atoms with Crippen LogP contribution < -0.4 is 16.8 Å². The number of amidine groups is 2. The Morgan fingerprint density at radius 1 is 0.697 bits per heavy atom. The average Bonchev–Trinajstić information content (AvgIpc) is 4.19. The van der Waals surface area contributed by atoms with Crippen LogP contribution in [-0.4, -0.2) is 242 Å². The Balaban J connectivity index is 0.852. The lowest BCUT2D eigenvalue weighted by atomic mass is 10.1. The molecule has 0 saturated carbocycles. The lowest BCUT2D eigenvalue weighted by molar-refractivity contribution is -0.498.